The maximum absolute atomic E-state index is 11.8. The van der Waals surface area contributed by atoms with E-state index in [1.165, 1.54) is 0 Å². The SMILES string of the molecule is COc1ccccc1N(C)C(=O)C1CC1. The molecule has 0 saturated heterocycles. The second-order valence-corrected chi connectivity index (χ2v) is 3.84. The molecule has 0 bridgehead atoms. The molecule has 2 rings (SSSR count). The third-order valence-corrected chi connectivity index (χ3v) is 2.70. The maximum atomic E-state index is 11.8. The first-order valence-electron chi connectivity index (χ1n) is 5.14. The lowest BCUT2D eigenvalue weighted by molar-refractivity contribution is -0.119. The lowest BCUT2D eigenvalue weighted by atomic mass is 10.2. The van der Waals surface area contributed by atoms with Crippen molar-refractivity contribution in [3.05, 3.63) is 24.3 Å². The molecular weight excluding hydrogens is 190 g/mol. The molecule has 1 aliphatic rings. The van der Waals surface area contributed by atoms with Crippen LogP contribution in [0.25, 0.3) is 0 Å². The van der Waals surface area contributed by atoms with E-state index >= 15 is 0 Å². The van der Waals surface area contributed by atoms with Crippen molar-refractivity contribution in [2.24, 2.45) is 5.92 Å². The smallest absolute Gasteiger partial charge is 0.229 e. The van der Waals surface area contributed by atoms with E-state index in [4.69, 9.17) is 4.74 Å². The summed E-state index contributed by atoms with van der Waals surface area (Å²) in [5, 5.41) is 0. The third-order valence-electron chi connectivity index (χ3n) is 2.70. The van der Waals surface area contributed by atoms with Crippen molar-refractivity contribution in [1.29, 1.82) is 0 Å². The van der Waals surface area contributed by atoms with Crippen LogP contribution in [0, 0.1) is 5.92 Å². The summed E-state index contributed by atoms with van der Waals surface area (Å²) in [6.45, 7) is 0. The van der Waals surface area contributed by atoms with Crippen LogP contribution in [-0.2, 0) is 4.79 Å². The predicted molar refractivity (Wildman–Crippen MR) is 59.1 cm³/mol. The number of carbonyl (C=O) groups excluding carboxylic acids is 1. The van der Waals surface area contributed by atoms with Crippen LogP contribution in [0.1, 0.15) is 12.8 Å². The van der Waals surface area contributed by atoms with Crippen LogP contribution in [-0.4, -0.2) is 20.1 Å². The fourth-order valence-electron chi connectivity index (χ4n) is 1.63. The summed E-state index contributed by atoms with van der Waals surface area (Å²) >= 11 is 0. The fourth-order valence-corrected chi connectivity index (χ4v) is 1.63. The number of amides is 1. The largest absolute Gasteiger partial charge is 0.495 e. The van der Waals surface area contributed by atoms with Gasteiger partial charge < -0.3 is 9.64 Å². The monoisotopic (exact) mass is 205 g/mol. The molecule has 0 heterocycles. The number of carbonyl (C=O) groups is 1. The molecule has 0 atom stereocenters. The van der Waals surface area contributed by atoms with Crippen LogP contribution in [0.2, 0.25) is 0 Å². The van der Waals surface area contributed by atoms with Gasteiger partial charge in [0.25, 0.3) is 0 Å². The maximum Gasteiger partial charge on any atom is 0.229 e. The summed E-state index contributed by atoms with van der Waals surface area (Å²) in [4.78, 5) is 13.5. The molecule has 0 N–H and O–H groups in total. The predicted octanol–water partition coefficient (Wildman–Crippen LogP) is 2.07. The zero-order chi connectivity index (χ0) is 10.8. The Labute approximate surface area is 89.7 Å². The van der Waals surface area contributed by atoms with Crippen LogP contribution in [0.4, 0.5) is 5.69 Å². The zero-order valence-corrected chi connectivity index (χ0v) is 9.06. The molecule has 1 aromatic carbocycles. The van der Waals surface area contributed by atoms with Gasteiger partial charge in [0, 0.05) is 13.0 Å². The average molecular weight is 205 g/mol. The first-order valence-corrected chi connectivity index (χ1v) is 5.14. The molecule has 0 radical (unpaired) electrons. The van der Waals surface area contributed by atoms with E-state index < -0.39 is 0 Å². The molecular formula is C12H15NO2. The van der Waals surface area contributed by atoms with E-state index in [1.807, 2.05) is 24.3 Å². The molecule has 1 saturated carbocycles. The quantitative estimate of drug-likeness (QED) is 0.756. The Kier molecular flexibility index (Phi) is 2.62. The number of anilines is 1. The highest BCUT2D eigenvalue weighted by atomic mass is 16.5. The molecule has 3 nitrogen and oxygen atoms in total. The fraction of sp³-hybridized carbons (Fsp3) is 0.417. The topological polar surface area (TPSA) is 29.5 Å². The van der Waals surface area contributed by atoms with Crippen LogP contribution in [0.3, 0.4) is 0 Å². The van der Waals surface area contributed by atoms with Gasteiger partial charge in [0.05, 0.1) is 12.8 Å². The minimum atomic E-state index is 0.194. The number of methoxy groups -OCH3 is 1. The highest BCUT2D eigenvalue weighted by molar-refractivity contribution is 5.97. The van der Waals surface area contributed by atoms with Gasteiger partial charge in [-0.15, -0.1) is 0 Å². The Bertz CT molecular complexity index is 372. The van der Waals surface area contributed by atoms with Gasteiger partial charge in [0.2, 0.25) is 5.91 Å². The van der Waals surface area contributed by atoms with Crippen LogP contribution in [0.15, 0.2) is 24.3 Å². The van der Waals surface area contributed by atoms with Gasteiger partial charge >= 0.3 is 0 Å². The van der Waals surface area contributed by atoms with E-state index in [0.29, 0.717) is 0 Å². The summed E-state index contributed by atoms with van der Waals surface area (Å²) in [6, 6.07) is 7.58. The average Bonchev–Trinajstić information content (AvgIpc) is 3.11. The second-order valence-electron chi connectivity index (χ2n) is 3.84. The Hall–Kier alpha value is -1.51. The normalized spacial score (nSPS) is 14.8. The number of nitrogens with zero attached hydrogens (tertiary/aromatic N) is 1. The van der Waals surface area contributed by atoms with Gasteiger partial charge in [-0.2, -0.15) is 0 Å². The molecule has 15 heavy (non-hydrogen) atoms. The Morgan fingerprint density at radius 2 is 2.07 bits per heavy atom. The van der Waals surface area contributed by atoms with Crippen molar-refractivity contribution < 1.29 is 9.53 Å². The van der Waals surface area contributed by atoms with E-state index in [2.05, 4.69) is 0 Å². The highest BCUT2D eigenvalue weighted by Crippen LogP contribution is 2.34. The first-order chi connectivity index (χ1) is 7.24. The number of para-hydroxylation sites is 2. The van der Waals surface area contributed by atoms with Gasteiger partial charge in [-0.1, -0.05) is 12.1 Å². The van der Waals surface area contributed by atoms with Crippen molar-refractivity contribution in [1.82, 2.24) is 0 Å². The van der Waals surface area contributed by atoms with Crippen LogP contribution in [0.5, 0.6) is 5.75 Å². The van der Waals surface area contributed by atoms with Crippen molar-refractivity contribution >= 4 is 11.6 Å². The third kappa shape index (κ3) is 1.96. The molecule has 1 aliphatic carbocycles. The number of ether oxygens (including phenoxy) is 1. The van der Waals surface area contributed by atoms with E-state index in [-0.39, 0.29) is 11.8 Å². The van der Waals surface area contributed by atoms with E-state index in [9.17, 15) is 4.79 Å². The Morgan fingerprint density at radius 1 is 1.40 bits per heavy atom. The minimum absolute atomic E-state index is 0.194. The van der Waals surface area contributed by atoms with Gasteiger partial charge in [0.1, 0.15) is 5.75 Å². The molecule has 0 spiro atoms. The van der Waals surface area contributed by atoms with Crippen LogP contribution >= 0.6 is 0 Å². The first kappa shape index (κ1) is 10.0. The molecule has 1 aromatic rings. The van der Waals surface area contributed by atoms with Gasteiger partial charge in [-0.05, 0) is 25.0 Å². The minimum Gasteiger partial charge on any atom is -0.495 e. The molecule has 0 aliphatic heterocycles. The summed E-state index contributed by atoms with van der Waals surface area (Å²) in [5.74, 6) is 1.17. The standard InChI is InChI=1S/C12H15NO2/c1-13(12(14)9-7-8-9)10-5-3-4-6-11(10)15-2/h3-6,9H,7-8H2,1-2H3. The van der Waals surface area contributed by atoms with Gasteiger partial charge in [-0.3, -0.25) is 4.79 Å². The summed E-state index contributed by atoms with van der Waals surface area (Å²) in [6.07, 6.45) is 2.05. The van der Waals surface area contributed by atoms with Crippen LogP contribution < -0.4 is 9.64 Å². The summed E-state index contributed by atoms with van der Waals surface area (Å²) in [7, 11) is 3.42. The number of benzene rings is 1. The van der Waals surface area contributed by atoms with Gasteiger partial charge in [0.15, 0.2) is 0 Å². The number of hydrogen-bond acceptors (Lipinski definition) is 2. The molecule has 80 valence electrons. The molecule has 1 fully saturated rings. The van der Waals surface area contributed by atoms with Crippen molar-refractivity contribution in [2.45, 2.75) is 12.8 Å². The van der Waals surface area contributed by atoms with Crippen molar-refractivity contribution in [2.75, 3.05) is 19.1 Å². The molecule has 0 unspecified atom stereocenters. The number of hydrogen-bond donors (Lipinski definition) is 0. The second kappa shape index (κ2) is 3.93. The molecule has 1 amide bonds. The van der Waals surface area contributed by atoms with E-state index in [1.54, 1.807) is 19.1 Å². The van der Waals surface area contributed by atoms with E-state index in [0.717, 1.165) is 24.3 Å². The molecule has 3 heteroatoms. The van der Waals surface area contributed by atoms with Gasteiger partial charge in [-0.25, -0.2) is 0 Å². The summed E-state index contributed by atoms with van der Waals surface area (Å²) < 4.78 is 5.22. The Morgan fingerprint density at radius 3 is 2.67 bits per heavy atom. The number of rotatable bonds is 3. The summed E-state index contributed by atoms with van der Waals surface area (Å²) in [5.41, 5.74) is 0.844. The van der Waals surface area contributed by atoms with Crippen molar-refractivity contribution in [3.8, 4) is 5.75 Å². The highest BCUT2D eigenvalue weighted by Gasteiger charge is 2.33. The lowest BCUT2D eigenvalue weighted by Gasteiger charge is -2.19. The Balaban J connectivity index is 2.23. The lowest BCUT2D eigenvalue weighted by Crippen LogP contribution is -2.27. The molecule has 0 aromatic heterocycles. The van der Waals surface area contributed by atoms with Crippen molar-refractivity contribution in [3.63, 3.8) is 0 Å². The zero-order valence-electron chi connectivity index (χ0n) is 9.06.